The van der Waals surface area contributed by atoms with Crippen LogP contribution in [0.2, 0.25) is 0 Å². The largest absolute Gasteiger partial charge is 0.333 e. The van der Waals surface area contributed by atoms with Gasteiger partial charge in [0.2, 0.25) is 0 Å². The Balaban J connectivity index is 2.07. The fraction of sp³-hybridized carbons (Fsp3) is 0.692. The van der Waals surface area contributed by atoms with Crippen molar-refractivity contribution in [2.24, 2.45) is 0 Å². The maximum Gasteiger partial charge on any atom is 0.333 e. The number of nitrogens with zero attached hydrogens (tertiary/aromatic N) is 1. The standard InChI is InChI=1S/C13H18INO5/c14-9-10(16)5-3-1-2-4-6-13(19)20-15-11(17)7-8-12(15)18/h1-9H2. The maximum atomic E-state index is 11.5. The Hall–Kier alpha value is -0.990. The van der Waals surface area contributed by atoms with Crippen LogP contribution in [0.15, 0.2) is 0 Å². The maximum absolute atomic E-state index is 11.5. The van der Waals surface area contributed by atoms with Crippen molar-refractivity contribution in [3.63, 3.8) is 0 Å². The van der Waals surface area contributed by atoms with Gasteiger partial charge in [0.15, 0.2) is 0 Å². The van der Waals surface area contributed by atoms with Crippen molar-refractivity contribution in [1.29, 1.82) is 0 Å². The van der Waals surface area contributed by atoms with E-state index >= 15 is 0 Å². The van der Waals surface area contributed by atoms with Gasteiger partial charge in [0.05, 0.1) is 4.43 Å². The molecule has 2 amide bonds. The van der Waals surface area contributed by atoms with Gasteiger partial charge >= 0.3 is 5.97 Å². The molecule has 20 heavy (non-hydrogen) atoms. The molecule has 0 spiro atoms. The number of hydroxylamine groups is 2. The summed E-state index contributed by atoms with van der Waals surface area (Å²) in [5.74, 6) is -1.23. The first kappa shape index (κ1) is 17.1. The Bertz CT molecular complexity index is 380. The molecule has 0 aromatic rings. The summed E-state index contributed by atoms with van der Waals surface area (Å²) in [4.78, 5) is 49.7. The quantitative estimate of drug-likeness (QED) is 0.258. The average molecular weight is 395 g/mol. The lowest BCUT2D eigenvalue weighted by molar-refractivity contribution is -0.197. The Labute approximate surface area is 131 Å². The van der Waals surface area contributed by atoms with Crippen LogP contribution in [-0.2, 0) is 24.0 Å². The lowest BCUT2D eigenvalue weighted by Crippen LogP contribution is -2.31. The number of hydrogen-bond acceptors (Lipinski definition) is 5. The lowest BCUT2D eigenvalue weighted by Gasteiger charge is -2.12. The van der Waals surface area contributed by atoms with E-state index in [1.165, 1.54) is 0 Å². The van der Waals surface area contributed by atoms with Gasteiger partial charge in [-0.15, -0.1) is 5.06 Å². The van der Waals surface area contributed by atoms with E-state index in [0.29, 0.717) is 22.3 Å². The summed E-state index contributed by atoms with van der Waals surface area (Å²) in [5.41, 5.74) is 0. The number of rotatable bonds is 9. The minimum atomic E-state index is -0.558. The molecule has 1 rings (SSSR count). The Morgan fingerprint density at radius 3 is 2.10 bits per heavy atom. The van der Waals surface area contributed by atoms with Gasteiger partial charge in [-0.3, -0.25) is 14.4 Å². The van der Waals surface area contributed by atoms with Crippen molar-refractivity contribution in [2.75, 3.05) is 4.43 Å². The smallest absolute Gasteiger partial charge is 0.330 e. The van der Waals surface area contributed by atoms with E-state index in [0.717, 1.165) is 19.3 Å². The molecule has 6 nitrogen and oxygen atoms in total. The third-order valence-corrected chi connectivity index (χ3v) is 3.79. The summed E-state index contributed by atoms with van der Waals surface area (Å²) in [6.45, 7) is 0. The molecule has 0 aromatic carbocycles. The summed E-state index contributed by atoms with van der Waals surface area (Å²) in [5, 5.41) is 0.571. The van der Waals surface area contributed by atoms with Crippen LogP contribution in [0, 0.1) is 0 Å². The third kappa shape index (κ3) is 5.98. The third-order valence-electron chi connectivity index (χ3n) is 2.93. The number of imide groups is 1. The molecule has 1 aliphatic heterocycles. The number of alkyl halides is 1. The van der Waals surface area contributed by atoms with Crippen molar-refractivity contribution >= 4 is 46.2 Å². The van der Waals surface area contributed by atoms with Crippen molar-refractivity contribution < 1.29 is 24.0 Å². The van der Waals surface area contributed by atoms with Crippen LogP contribution in [0.5, 0.6) is 0 Å². The van der Waals surface area contributed by atoms with Gasteiger partial charge in [-0.1, -0.05) is 35.4 Å². The van der Waals surface area contributed by atoms with E-state index in [1.807, 2.05) is 22.6 Å². The van der Waals surface area contributed by atoms with Crippen LogP contribution in [0.25, 0.3) is 0 Å². The van der Waals surface area contributed by atoms with Gasteiger partial charge in [0.1, 0.15) is 5.78 Å². The molecule has 0 unspecified atom stereocenters. The zero-order valence-electron chi connectivity index (χ0n) is 11.2. The minimum Gasteiger partial charge on any atom is -0.330 e. The molecule has 0 bridgehead atoms. The first-order chi connectivity index (χ1) is 9.54. The van der Waals surface area contributed by atoms with Gasteiger partial charge in [-0.25, -0.2) is 4.79 Å². The van der Waals surface area contributed by atoms with Crippen LogP contribution >= 0.6 is 22.6 Å². The van der Waals surface area contributed by atoms with Gasteiger partial charge in [0.25, 0.3) is 11.8 Å². The average Bonchev–Trinajstić information content (AvgIpc) is 2.74. The van der Waals surface area contributed by atoms with Gasteiger partial charge in [-0.2, -0.15) is 0 Å². The zero-order valence-corrected chi connectivity index (χ0v) is 13.4. The number of ketones is 1. The molecule has 0 N–H and O–H groups in total. The number of carbonyl (C=O) groups is 4. The molecule has 112 valence electrons. The first-order valence-electron chi connectivity index (χ1n) is 6.69. The molecule has 0 aliphatic carbocycles. The highest BCUT2D eigenvalue weighted by Gasteiger charge is 2.32. The number of Topliss-reactive ketones (excluding diaryl/α,β-unsaturated/α-hetero) is 1. The Morgan fingerprint density at radius 2 is 1.55 bits per heavy atom. The SMILES string of the molecule is O=C(CI)CCCCCCC(=O)ON1C(=O)CCC1=O. The van der Waals surface area contributed by atoms with Crippen molar-refractivity contribution in [1.82, 2.24) is 5.06 Å². The first-order valence-corrected chi connectivity index (χ1v) is 8.21. The highest BCUT2D eigenvalue weighted by molar-refractivity contribution is 14.1. The second-order valence-corrected chi connectivity index (χ2v) is 5.39. The molecular weight excluding hydrogens is 377 g/mol. The summed E-state index contributed by atoms with van der Waals surface area (Å²) < 4.78 is 0.544. The van der Waals surface area contributed by atoms with Crippen LogP contribution in [0.1, 0.15) is 51.4 Å². The van der Waals surface area contributed by atoms with E-state index in [1.54, 1.807) is 0 Å². The number of halogens is 1. The fourth-order valence-electron chi connectivity index (χ4n) is 1.82. The second kappa shape index (κ2) is 9.04. The van der Waals surface area contributed by atoms with Gasteiger partial charge in [-0.05, 0) is 12.8 Å². The van der Waals surface area contributed by atoms with E-state index in [9.17, 15) is 19.2 Å². The predicted molar refractivity (Wildman–Crippen MR) is 78.8 cm³/mol. The predicted octanol–water partition coefficient (Wildman–Crippen LogP) is 1.94. The molecule has 0 saturated carbocycles. The zero-order chi connectivity index (χ0) is 15.0. The van der Waals surface area contributed by atoms with Crippen molar-refractivity contribution in [2.45, 2.75) is 51.4 Å². The minimum absolute atomic E-state index is 0.108. The van der Waals surface area contributed by atoms with Gasteiger partial charge in [0, 0.05) is 25.7 Å². The van der Waals surface area contributed by atoms with Crippen molar-refractivity contribution in [3.05, 3.63) is 0 Å². The second-order valence-electron chi connectivity index (χ2n) is 4.63. The van der Waals surface area contributed by atoms with Gasteiger partial charge < -0.3 is 4.84 Å². The van der Waals surface area contributed by atoms with E-state index in [-0.39, 0.29) is 25.0 Å². The monoisotopic (exact) mass is 395 g/mol. The number of hydrogen-bond donors (Lipinski definition) is 0. The van der Waals surface area contributed by atoms with Crippen LogP contribution in [-0.4, -0.2) is 33.1 Å². The summed E-state index contributed by atoms with van der Waals surface area (Å²) >= 11 is 2.05. The molecule has 1 aliphatic rings. The molecule has 1 saturated heterocycles. The lowest BCUT2D eigenvalue weighted by atomic mass is 10.1. The molecule has 7 heteroatoms. The molecule has 0 aromatic heterocycles. The highest BCUT2D eigenvalue weighted by atomic mass is 127. The Kier molecular flexibility index (Phi) is 7.71. The van der Waals surface area contributed by atoms with E-state index in [2.05, 4.69) is 0 Å². The Morgan fingerprint density at radius 1 is 1.00 bits per heavy atom. The molecule has 0 radical (unpaired) electrons. The molecular formula is C13H18INO5. The molecule has 1 fully saturated rings. The number of carbonyl (C=O) groups excluding carboxylic acids is 4. The summed E-state index contributed by atoms with van der Waals surface area (Å²) in [6.07, 6.45) is 4.16. The molecule has 0 atom stereocenters. The number of unbranched alkanes of at least 4 members (excludes halogenated alkanes) is 3. The van der Waals surface area contributed by atoms with Crippen LogP contribution < -0.4 is 0 Å². The topological polar surface area (TPSA) is 80.8 Å². The number of amides is 2. The summed E-state index contributed by atoms with van der Waals surface area (Å²) in [6, 6.07) is 0. The van der Waals surface area contributed by atoms with E-state index < -0.39 is 17.8 Å². The molecule has 1 heterocycles. The fourth-order valence-corrected chi connectivity index (χ4v) is 2.20. The summed E-state index contributed by atoms with van der Waals surface area (Å²) in [7, 11) is 0. The van der Waals surface area contributed by atoms with E-state index in [4.69, 9.17) is 4.84 Å². The van der Waals surface area contributed by atoms with Crippen molar-refractivity contribution in [3.8, 4) is 0 Å². The van der Waals surface area contributed by atoms with Crippen LogP contribution in [0.4, 0.5) is 0 Å². The normalized spacial score (nSPS) is 14.8. The van der Waals surface area contributed by atoms with Crippen LogP contribution in [0.3, 0.4) is 0 Å². The highest BCUT2D eigenvalue weighted by Crippen LogP contribution is 2.14.